The van der Waals surface area contributed by atoms with Crippen molar-refractivity contribution in [1.82, 2.24) is 14.8 Å². The summed E-state index contributed by atoms with van der Waals surface area (Å²) in [4.78, 5) is 16.5. The van der Waals surface area contributed by atoms with Crippen molar-refractivity contribution < 1.29 is 4.79 Å². The third-order valence-corrected chi connectivity index (χ3v) is 4.63. The number of hydrogen-bond acceptors (Lipinski definition) is 4. The number of benzene rings is 1. The summed E-state index contributed by atoms with van der Waals surface area (Å²) in [5.41, 5.74) is 2.39. The Bertz CT molecular complexity index is 791. The van der Waals surface area contributed by atoms with E-state index in [4.69, 9.17) is 11.6 Å². The molecule has 0 aliphatic rings. The van der Waals surface area contributed by atoms with Gasteiger partial charge in [0.15, 0.2) is 5.13 Å². The third kappa shape index (κ3) is 2.77. The summed E-state index contributed by atoms with van der Waals surface area (Å²) in [7, 11) is 0. The molecule has 0 spiro atoms. The number of thiazole rings is 1. The Morgan fingerprint density at radius 3 is 2.81 bits per heavy atom. The van der Waals surface area contributed by atoms with Crippen LogP contribution in [-0.2, 0) is 11.3 Å². The van der Waals surface area contributed by atoms with Gasteiger partial charge in [-0.25, -0.2) is 4.98 Å². The maximum Gasteiger partial charge on any atom is 0.247 e. The fraction of sp³-hybridized carbons (Fsp3) is 0.214. The van der Waals surface area contributed by atoms with Crippen LogP contribution in [0.3, 0.4) is 0 Å². The normalized spacial score (nSPS) is 11.0. The molecule has 7 heteroatoms. The summed E-state index contributed by atoms with van der Waals surface area (Å²) in [6.07, 6.45) is 0. The van der Waals surface area contributed by atoms with Gasteiger partial charge in [0.1, 0.15) is 6.54 Å². The lowest BCUT2D eigenvalue weighted by Gasteiger charge is -2.04. The predicted octanol–water partition coefficient (Wildman–Crippen LogP) is 3.40. The van der Waals surface area contributed by atoms with Gasteiger partial charge < -0.3 is 5.32 Å². The van der Waals surface area contributed by atoms with E-state index in [1.807, 2.05) is 38.1 Å². The van der Waals surface area contributed by atoms with Gasteiger partial charge in [-0.1, -0.05) is 35.1 Å². The number of carbonyl (C=O) groups is 1. The van der Waals surface area contributed by atoms with Crippen LogP contribution in [0.5, 0.6) is 0 Å². The molecule has 108 valence electrons. The minimum atomic E-state index is -0.170. The van der Waals surface area contributed by atoms with Crippen LogP contribution >= 0.6 is 22.9 Å². The highest BCUT2D eigenvalue weighted by Gasteiger charge is 2.13. The number of anilines is 1. The first-order valence-electron chi connectivity index (χ1n) is 6.39. The average molecular weight is 321 g/mol. The number of aryl methyl sites for hydroxylation is 1. The Morgan fingerprint density at radius 2 is 2.14 bits per heavy atom. The van der Waals surface area contributed by atoms with Crippen molar-refractivity contribution in [2.75, 3.05) is 5.32 Å². The lowest BCUT2D eigenvalue weighted by Crippen LogP contribution is -2.20. The van der Waals surface area contributed by atoms with E-state index >= 15 is 0 Å². The van der Waals surface area contributed by atoms with Crippen molar-refractivity contribution in [2.45, 2.75) is 20.4 Å². The first-order chi connectivity index (χ1) is 10.0. The van der Waals surface area contributed by atoms with E-state index < -0.39 is 0 Å². The molecule has 21 heavy (non-hydrogen) atoms. The molecule has 2 heterocycles. The molecule has 1 N–H and O–H groups in total. The van der Waals surface area contributed by atoms with E-state index in [1.54, 1.807) is 4.68 Å². The van der Waals surface area contributed by atoms with Crippen molar-refractivity contribution in [1.29, 1.82) is 0 Å². The molecule has 0 saturated carbocycles. The van der Waals surface area contributed by atoms with Gasteiger partial charge in [0, 0.05) is 0 Å². The standard InChI is InChI=1S/C14H13ClN4OS/c1-8-13(15)9(2)19(18-8)7-12(20)17-14-16-10-5-3-4-6-11(10)21-14/h3-6H,7H2,1-2H3,(H,16,17,20). The second-order valence-electron chi connectivity index (χ2n) is 4.68. The number of rotatable bonds is 3. The summed E-state index contributed by atoms with van der Waals surface area (Å²) < 4.78 is 2.64. The average Bonchev–Trinajstić information content (AvgIpc) is 2.95. The summed E-state index contributed by atoms with van der Waals surface area (Å²) in [6, 6.07) is 7.77. The molecule has 0 atom stereocenters. The molecule has 0 aliphatic carbocycles. The van der Waals surface area contributed by atoms with Crippen LogP contribution in [0.4, 0.5) is 5.13 Å². The number of carbonyl (C=O) groups excluding carboxylic acids is 1. The molecule has 0 aliphatic heterocycles. The van der Waals surface area contributed by atoms with Gasteiger partial charge in [-0.3, -0.25) is 9.48 Å². The fourth-order valence-electron chi connectivity index (χ4n) is 2.05. The number of hydrogen-bond donors (Lipinski definition) is 1. The van der Waals surface area contributed by atoms with E-state index in [0.717, 1.165) is 21.6 Å². The highest BCUT2D eigenvalue weighted by Crippen LogP contribution is 2.25. The van der Waals surface area contributed by atoms with Crippen LogP contribution < -0.4 is 5.32 Å². The lowest BCUT2D eigenvalue weighted by molar-refractivity contribution is -0.116. The molecule has 2 aromatic heterocycles. The van der Waals surface area contributed by atoms with Gasteiger partial charge in [0.25, 0.3) is 0 Å². The maximum absolute atomic E-state index is 12.1. The highest BCUT2D eigenvalue weighted by atomic mass is 35.5. The van der Waals surface area contributed by atoms with E-state index in [2.05, 4.69) is 15.4 Å². The van der Waals surface area contributed by atoms with E-state index in [1.165, 1.54) is 11.3 Å². The maximum atomic E-state index is 12.1. The van der Waals surface area contributed by atoms with Crippen molar-refractivity contribution >= 4 is 44.2 Å². The zero-order valence-corrected chi connectivity index (χ0v) is 13.1. The smallest absolute Gasteiger partial charge is 0.247 e. The number of para-hydroxylation sites is 1. The minimum absolute atomic E-state index is 0.120. The number of halogens is 1. The van der Waals surface area contributed by atoms with Crippen LogP contribution in [-0.4, -0.2) is 20.7 Å². The van der Waals surface area contributed by atoms with E-state index in [0.29, 0.717) is 10.2 Å². The zero-order valence-electron chi connectivity index (χ0n) is 11.6. The summed E-state index contributed by atoms with van der Waals surface area (Å²) in [5, 5.41) is 8.23. The van der Waals surface area contributed by atoms with Crippen molar-refractivity contribution in [3.63, 3.8) is 0 Å². The first kappa shape index (κ1) is 14.0. The molecule has 0 bridgehead atoms. The van der Waals surface area contributed by atoms with Gasteiger partial charge >= 0.3 is 0 Å². The molecule has 0 unspecified atom stereocenters. The second-order valence-corrected chi connectivity index (χ2v) is 6.09. The number of aromatic nitrogens is 3. The monoisotopic (exact) mass is 320 g/mol. The molecule has 0 saturated heterocycles. The summed E-state index contributed by atoms with van der Waals surface area (Å²) >= 11 is 7.52. The van der Waals surface area contributed by atoms with Crippen LogP contribution in [0.25, 0.3) is 10.2 Å². The molecule has 3 rings (SSSR count). The Balaban J connectivity index is 1.75. The molecule has 5 nitrogen and oxygen atoms in total. The predicted molar refractivity (Wildman–Crippen MR) is 85.0 cm³/mol. The van der Waals surface area contributed by atoms with Crippen molar-refractivity contribution in [2.24, 2.45) is 0 Å². The number of amides is 1. The second kappa shape index (κ2) is 5.46. The van der Waals surface area contributed by atoms with Gasteiger partial charge in [-0.2, -0.15) is 5.10 Å². The quantitative estimate of drug-likeness (QED) is 0.804. The molecule has 0 fully saturated rings. The Hall–Kier alpha value is -1.92. The minimum Gasteiger partial charge on any atom is -0.300 e. The van der Waals surface area contributed by atoms with Crippen LogP contribution in [0.15, 0.2) is 24.3 Å². The molecular formula is C14H13ClN4OS. The lowest BCUT2D eigenvalue weighted by atomic mass is 10.3. The van der Waals surface area contributed by atoms with Crippen LogP contribution in [0.1, 0.15) is 11.4 Å². The van der Waals surface area contributed by atoms with E-state index in [-0.39, 0.29) is 12.5 Å². The molecule has 0 radical (unpaired) electrons. The van der Waals surface area contributed by atoms with Crippen molar-refractivity contribution in [3.8, 4) is 0 Å². The van der Waals surface area contributed by atoms with Gasteiger partial charge in [0.05, 0.1) is 26.6 Å². The highest BCUT2D eigenvalue weighted by molar-refractivity contribution is 7.22. The van der Waals surface area contributed by atoms with Crippen molar-refractivity contribution in [3.05, 3.63) is 40.7 Å². The summed E-state index contributed by atoms with van der Waals surface area (Å²) in [5.74, 6) is -0.170. The topological polar surface area (TPSA) is 59.8 Å². The van der Waals surface area contributed by atoms with E-state index in [9.17, 15) is 4.79 Å². The first-order valence-corrected chi connectivity index (χ1v) is 7.59. The Morgan fingerprint density at radius 1 is 1.38 bits per heavy atom. The number of fused-ring (bicyclic) bond motifs is 1. The number of nitrogens with zero attached hydrogens (tertiary/aromatic N) is 3. The SMILES string of the molecule is Cc1nn(CC(=O)Nc2nc3ccccc3s2)c(C)c1Cl. The molecular weight excluding hydrogens is 308 g/mol. The van der Waals surface area contributed by atoms with Gasteiger partial charge in [-0.15, -0.1) is 0 Å². The van der Waals surface area contributed by atoms with Crippen LogP contribution in [0.2, 0.25) is 5.02 Å². The molecule has 1 aromatic carbocycles. The van der Waals surface area contributed by atoms with Gasteiger partial charge in [-0.05, 0) is 26.0 Å². The largest absolute Gasteiger partial charge is 0.300 e. The third-order valence-electron chi connectivity index (χ3n) is 3.13. The zero-order chi connectivity index (χ0) is 15.0. The van der Waals surface area contributed by atoms with Gasteiger partial charge in [0.2, 0.25) is 5.91 Å². The Labute approximate surface area is 130 Å². The number of nitrogens with one attached hydrogen (secondary N) is 1. The summed E-state index contributed by atoms with van der Waals surface area (Å²) in [6.45, 7) is 3.78. The fourth-order valence-corrected chi connectivity index (χ4v) is 3.07. The van der Waals surface area contributed by atoms with Crippen LogP contribution in [0, 0.1) is 13.8 Å². The Kier molecular flexibility index (Phi) is 3.65. The molecule has 3 aromatic rings. The molecule has 1 amide bonds.